The molecule has 0 aliphatic carbocycles. The van der Waals surface area contributed by atoms with Crippen molar-refractivity contribution in [1.29, 1.82) is 0 Å². The van der Waals surface area contributed by atoms with E-state index in [1.54, 1.807) is 4.90 Å². The van der Waals surface area contributed by atoms with Crippen LogP contribution in [0.2, 0.25) is 0 Å². The van der Waals surface area contributed by atoms with Gasteiger partial charge in [-0.3, -0.25) is 4.79 Å². The Morgan fingerprint density at radius 1 is 1.30 bits per heavy atom. The second-order valence-electron chi connectivity index (χ2n) is 5.46. The maximum absolute atomic E-state index is 12.4. The number of hydrogen-bond donors (Lipinski definition) is 1. The van der Waals surface area contributed by atoms with E-state index in [4.69, 9.17) is 0 Å². The van der Waals surface area contributed by atoms with Gasteiger partial charge in [-0.05, 0) is 25.3 Å². The minimum Gasteiger partial charge on any atom is -0.480 e. The van der Waals surface area contributed by atoms with Gasteiger partial charge >= 0.3 is 5.97 Å². The van der Waals surface area contributed by atoms with E-state index < -0.39 is 12.0 Å². The summed E-state index contributed by atoms with van der Waals surface area (Å²) in [5, 5.41) is 9.30. The van der Waals surface area contributed by atoms with E-state index in [0.717, 1.165) is 30.4 Å². The number of hydrogen-bond acceptors (Lipinski definition) is 2. The molecule has 4 nitrogen and oxygen atoms in total. The lowest BCUT2D eigenvalue weighted by Gasteiger charge is -2.27. The number of nitrogens with zero attached hydrogens (tertiary/aromatic N) is 1. The van der Waals surface area contributed by atoms with Crippen LogP contribution in [-0.4, -0.2) is 34.5 Å². The van der Waals surface area contributed by atoms with Gasteiger partial charge in [-0.25, -0.2) is 4.79 Å². The van der Waals surface area contributed by atoms with Gasteiger partial charge < -0.3 is 10.0 Å². The highest BCUT2D eigenvalue weighted by molar-refractivity contribution is 5.85. The van der Waals surface area contributed by atoms with Crippen LogP contribution in [-0.2, 0) is 16.0 Å². The molecule has 0 bridgehead atoms. The number of benzene rings is 1. The Hall–Kier alpha value is -1.84. The third-order valence-corrected chi connectivity index (χ3v) is 3.80. The number of carbonyl (C=O) groups excluding carboxylic acids is 1. The predicted molar refractivity (Wildman–Crippen MR) is 76.5 cm³/mol. The number of rotatable bonds is 3. The van der Waals surface area contributed by atoms with Gasteiger partial charge in [-0.15, -0.1) is 0 Å². The molecule has 1 N–H and O–H groups in total. The molecule has 1 fully saturated rings. The van der Waals surface area contributed by atoms with Crippen LogP contribution in [0.15, 0.2) is 24.3 Å². The molecule has 1 atom stereocenters. The molecular weight excluding hydrogens is 254 g/mol. The Bertz CT molecular complexity index is 498. The number of aliphatic carboxylic acids is 1. The summed E-state index contributed by atoms with van der Waals surface area (Å²) in [7, 11) is 0. The van der Waals surface area contributed by atoms with Crippen LogP contribution in [0.3, 0.4) is 0 Å². The zero-order valence-electron chi connectivity index (χ0n) is 11.8. The zero-order chi connectivity index (χ0) is 14.5. The zero-order valence-corrected chi connectivity index (χ0v) is 11.8. The van der Waals surface area contributed by atoms with Crippen LogP contribution in [0.1, 0.15) is 36.8 Å². The van der Waals surface area contributed by atoms with Gasteiger partial charge in [0.05, 0.1) is 6.42 Å². The van der Waals surface area contributed by atoms with Gasteiger partial charge in [0.1, 0.15) is 6.04 Å². The van der Waals surface area contributed by atoms with Gasteiger partial charge in [0, 0.05) is 6.54 Å². The SMILES string of the molecule is Cc1cccc(CC(=O)N2CCCCCC2C(=O)O)c1. The third kappa shape index (κ3) is 3.59. The Morgan fingerprint density at radius 3 is 2.80 bits per heavy atom. The van der Waals surface area contributed by atoms with Crippen LogP contribution < -0.4 is 0 Å². The number of aryl methyl sites for hydroxylation is 1. The summed E-state index contributed by atoms with van der Waals surface area (Å²) >= 11 is 0. The highest BCUT2D eigenvalue weighted by Crippen LogP contribution is 2.18. The Balaban J connectivity index is 2.10. The Labute approximate surface area is 119 Å². The average molecular weight is 275 g/mol. The van der Waals surface area contributed by atoms with Crippen LogP contribution in [0.5, 0.6) is 0 Å². The first-order chi connectivity index (χ1) is 9.58. The molecule has 1 aliphatic rings. The second-order valence-corrected chi connectivity index (χ2v) is 5.46. The fourth-order valence-corrected chi connectivity index (χ4v) is 2.76. The fraction of sp³-hybridized carbons (Fsp3) is 0.500. The fourth-order valence-electron chi connectivity index (χ4n) is 2.76. The standard InChI is InChI=1S/C16H21NO3/c1-12-6-5-7-13(10-12)11-15(18)17-9-4-2-3-8-14(17)16(19)20/h5-7,10,14H,2-4,8-9,11H2,1H3,(H,19,20). The summed E-state index contributed by atoms with van der Waals surface area (Å²) in [5.74, 6) is -0.964. The molecule has 20 heavy (non-hydrogen) atoms. The van der Waals surface area contributed by atoms with E-state index >= 15 is 0 Å². The topological polar surface area (TPSA) is 57.6 Å². The van der Waals surface area contributed by atoms with Crippen molar-refractivity contribution in [2.24, 2.45) is 0 Å². The summed E-state index contributed by atoms with van der Waals surface area (Å²) in [6.07, 6.45) is 3.62. The molecule has 4 heteroatoms. The van der Waals surface area contributed by atoms with Crippen molar-refractivity contribution < 1.29 is 14.7 Å². The van der Waals surface area contributed by atoms with E-state index in [2.05, 4.69) is 0 Å². The quantitative estimate of drug-likeness (QED) is 0.921. The highest BCUT2D eigenvalue weighted by Gasteiger charge is 2.30. The molecule has 0 aromatic heterocycles. The molecule has 1 aromatic rings. The third-order valence-electron chi connectivity index (χ3n) is 3.80. The molecule has 0 saturated carbocycles. The van der Waals surface area contributed by atoms with Crippen LogP contribution in [0.25, 0.3) is 0 Å². The highest BCUT2D eigenvalue weighted by atomic mass is 16.4. The Kier molecular flexibility index (Phi) is 4.77. The number of likely N-dealkylation sites (tertiary alicyclic amines) is 1. The Morgan fingerprint density at radius 2 is 2.10 bits per heavy atom. The first-order valence-electron chi connectivity index (χ1n) is 7.16. The van der Waals surface area contributed by atoms with Crippen molar-refractivity contribution in [3.05, 3.63) is 35.4 Å². The summed E-state index contributed by atoms with van der Waals surface area (Å²) in [6, 6.07) is 7.15. The van der Waals surface area contributed by atoms with E-state index in [9.17, 15) is 14.7 Å². The summed E-state index contributed by atoms with van der Waals surface area (Å²) in [4.78, 5) is 25.3. The van der Waals surface area contributed by atoms with Crippen molar-refractivity contribution in [3.63, 3.8) is 0 Å². The van der Waals surface area contributed by atoms with Crippen LogP contribution >= 0.6 is 0 Å². The van der Waals surface area contributed by atoms with E-state index in [1.807, 2.05) is 31.2 Å². The molecule has 108 valence electrons. The predicted octanol–water partition coefficient (Wildman–Crippen LogP) is 2.39. The summed E-state index contributed by atoms with van der Waals surface area (Å²) in [6.45, 7) is 2.54. The first kappa shape index (κ1) is 14.6. The number of carboxylic acids is 1. The minimum absolute atomic E-state index is 0.0788. The lowest BCUT2D eigenvalue weighted by atomic mass is 10.1. The van der Waals surface area contributed by atoms with E-state index in [0.29, 0.717) is 13.0 Å². The second kappa shape index (κ2) is 6.55. The van der Waals surface area contributed by atoms with Gasteiger partial charge in [0.2, 0.25) is 5.91 Å². The lowest BCUT2D eigenvalue weighted by Crippen LogP contribution is -2.45. The van der Waals surface area contributed by atoms with Gasteiger partial charge in [-0.1, -0.05) is 42.7 Å². The molecule has 1 aromatic carbocycles. The summed E-state index contributed by atoms with van der Waals surface area (Å²) < 4.78 is 0. The maximum Gasteiger partial charge on any atom is 0.326 e. The molecule has 1 saturated heterocycles. The minimum atomic E-state index is -0.885. The van der Waals surface area contributed by atoms with E-state index in [-0.39, 0.29) is 12.3 Å². The van der Waals surface area contributed by atoms with Crippen molar-refractivity contribution in [2.45, 2.75) is 45.1 Å². The molecule has 1 heterocycles. The number of carbonyl (C=O) groups is 2. The molecular formula is C16H21NO3. The van der Waals surface area contributed by atoms with Crippen molar-refractivity contribution in [1.82, 2.24) is 4.90 Å². The van der Waals surface area contributed by atoms with Crippen LogP contribution in [0.4, 0.5) is 0 Å². The largest absolute Gasteiger partial charge is 0.480 e. The van der Waals surface area contributed by atoms with Gasteiger partial charge in [0.25, 0.3) is 0 Å². The smallest absolute Gasteiger partial charge is 0.326 e. The molecule has 0 spiro atoms. The molecule has 0 radical (unpaired) electrons. The van der Waals surface area contributed by atoms with Crippen LogP contribution in [0, 0.1) is 6.92 Å². The normalized spacial score (nSPS) is 19.4. The van der Waals surface area contributed by atoms with Gasteiger partial charge in [0.15, 0.2) is 0 Å². The molecule has 1 aliphatic heterocycles. The van der Waals surface area contributed by atoms with Crippen molar-refractivity contribution >= 4 is 11.9 Å². The monoisotopic (exact) mass is 275 g/mol. The molecule has 1 amide bonds. The van der Waals surface area contributed by atoms with Crippen molar-refractivity contribution in [3.8, 4) is 0 Å². The number of carboxylic acid groups (broad SMARTS) is 1. The molecule has 2 rings (SSSR count). The molecule has 1 unspecified atom stereocenters. The summed E-state index contributed by atoms with van der Waals surface area (Å²) in [5.41, 5.74) is 2.06. The van der Waals surface area contributed by atoms with Gasteiger partial charge in [-0.2, -0.15) is 0 Å². The van der Waals surface area contributed by atoms with E-state index in [1.165, 1.54) is 0 Å². The average Bonchev–Trinajstić information content (AvgIpc) is 2.64. The number of amides is 1. The van der Waals surface area contributed by atoms with Crippen molar-refractivity contribution in [2.75, 3.05) is 6.54 Å². The first-order valence-corrected chi connectivity index (χ1v) is 7.16. The maximum atomic E-state index is 12.4. The lowest BCUT2D eigenvalue weighted by molar-refractivity contribution is -0.150.